The van der Waals surface area contributed by atoms with Gasteiger partial charge in [-0.1, -0.05) is 62.4 Å². The van der Waals surface area contributed by atoms with Gasteiger partial charge in [0.1, 0.15) is 0 Å². The zero-order chi connectivity index (χ0) is 14.6. The van der Waals surface area contributed by atoms with Crippen LogP contribution < -0.4 is 10.5 Å². The second-order valence-electron chi connectivity index (χ2n) is 7.45. The van der Waals surface area contributed by atoms with E-state index in [2.05, 4.69) is 56.1 Å². The Morgan fingerprint density at radius 2 is 1.60 bits per heavy atom. The standard InChI is InChI=1S/C18H31NSi/c1-5-15-6-10-17(11-7-15)19-14-16-8-12-18(13-9-16)20(2,3)4/h8-9,12-13,15,17,19H,5-7,10-11,14H2,1-4H3. The van der Waals surface area contributed by atoms with Crippen LogP contribution in [-0.4, -0.2) is 14.1 Å². The molecule has 0 aromatic heterocycles. The molecule has 0 aliphatic heterocycles. The van der Waals surface area contributed by atoms with Crippen LogP contribution in [0.15, 0.2) is 24.3 Å². The second kappa shape index (κ2) is 6.90. The molecule has 112 valence electrons. The lowest BCUT2D eigenvalue weighted by molar-refractivity contribution is 0.285. The molecule has 1 aliphatic carbocycles. The summed E-state index contributed by atoms with van der Waals surface area (Å²) in [6.07, 6.45) is 6.94. The van der Waals surface area contributed by atoms with Crippen molar-refractivity contribution in [1.82, 2.24) is 5.32 Å². The Morgan fingerprint density at radius 1 is 1.00 bits per heavy atom. The lowest BCUT2D eigenvalue weighted by atomic mass is 9.84. The van der Waals surface area contributed by atoms with Crippen LogP contribution in [0.3, 0.4) is 0 Å². The fourth-order valence-electron chi connectivity index (χ4n) is 3.16. The quantitative estimate of drug-likeness (QED) is 0.797. The van der Waals surface area contributed by atoms with E-state index in [1.807, 2.05) is 0 Å². The minimum atomic E-state index is -1.14. The van der Waals surface area contributed by atoms with Crippen LogP contribution >= 0.6 is 0 Å². The predicted molar refractivity (Wildman–Crippen MR) is 92.3 cm³/mol. The van der Waals surface area contributed by atoms with Crippen molar-refractivity contribution in [2.45, 2.75) is 71.3 Å². The monoisotopic (exact) mass is 289 g/mol. The van der Waals surface area contributed by atoms with E-state index in [4.69, 9.17) is 0 Å². The Morgan fingerprint density at radius 3 is 2.10 bits per heavy atom. The van der Waals surface area contributed by atoms with E-state index in [0.717, 1.165) is 18.5 Å². The fourth-order valence-corrected chi connectivity index (χ4v) is 4.33. The van der Waals surface area contributed by atoms with Crippen LogP contribution in [0.1, 0.15) is 44.6 Å². The van der Waals surface area contributed by atoms with Gasteiger partial charge in [-0.25, -0.2) is 0 Å². The van der Waals surface area contributed by atoms with Gasteiger partial charge in [0.25, 0.3) is 0 Å². The van der Waals surface area contributed by atoms with Crippen LogP contribution in [0.2, 0.25) is 19.6 Å². The summed E-state index contributed by atoms with van der Waals surface area (Å²) in [5, 5.41) is 5.31. The summed E-state index contributed by atoms with van der Waals surface area (Å²) in [5.74, 6) is 0.990. The first-order chi connectivity index (χ1) is 9.49. The number of nitrogens with one attached hydrogen (secondary N) is 1. The zero-order valence-corrected chi connectivity index (χ0v) is 14.7. The van der Waals surface area contributed by atoms with Crippen LogP contribution in [-0.2, 0) is 6.54 Å². The van der Waals surface area contributed by atoms with Crippen molar-refractivity contribution < 1.29 is 0 Å². The molecule has 2 rings (SSSR count). The summed E-state index contributed by atoms with van der Waals surface area (Å²) in [4.78, 5) is 0. The maximum Gasteiger partial charge on any atom is 0.0775 e. The third-order valence-electron chi connectivity index (χ3n) is 4.84. The first-order valence-corrected chi connectivity index (χ1v) is 11.8. The Bertz CT molecular complexity index is 396. The van der Waals surface area contributed by atoms with Gasteiger partial charge in [0, 0.05) is 12.6 Å². The Hall–Kier alpha value is -0.603. The van der Waals surface area contributed by atoms with E-state index < -0.39 is 8.07 Å². The van der Waals surface area contributed by atoms with Crippen molar-refractivity contribution in [3.05, 3.63) is 29.8 Å². The summed E-state index contributed by atoms with van der Waals surface area (Å²) in [7, 11) is -1.14. The molecule has 0 saturated heterocycles. The lowest BCUT2D eigenvalue weighted by Gasteiger charge is -2.28. The maximum absolute atomic E-state index is 3.75. The number of benzene rings is 1. The van der Waals surface area contributed by atoms with Gasteiger partial charge >= 0.3 is 0 Å². The summed E-state index contributed by atoms with van der Waals surface area (Å²) in [6, 6.07) is 10.1. The third-order valence-corrected chi connectivity index (χ3v) is 6.90. The predicted octanol–water partition coefficient (Wildman–Crippen LogP) is 4.29. The van der Waals surface area contributed by atoms with Crippen LogP contribution in [0.4, 0.5) is 0 Å². The smallest absolute Gasteiger partial charge is 0.0775 e. The van der Waals surface area contributed by atoms with E-state index in [1.54, 1.807) is 5.19 Å². The Kier molecular flexibility index (Phi) is 5.45. The van der Waals surface area contributed by atoms with E-state index >= 15 is 0 Å². The SMILES string of the molecule is CCC1CCC(NCc2ccc([Si](C)(C)C)cc2)CC1. The zero-order valence-electron chi connectivity index (χ0n) is 13.7. The summed E-state index contributed by atoms with van der Waals surface area (Å²) in [5.41, 5.74) is 1.43. The van der Waals surface area contributed by atoms with Crippen molar-refractivity contribution in [3.63, 3.8) is 0 Å². The van der Waals surface area contributed by atoms with Crippen molar-refractivity contribution in [2.75, 3.05) is 0 Å². The molecular weight excluding hydrogens is 258 g/mol. The average molecular weight is 290 g/mol. The van der Waals surface area contributed by atoms with Gasteiger partial charge in [0.15, 0.2) is 0 Å². The molecule has 1 aliphatic rings. The van der Waals surface area contributed by atoms with Crippen molar-refractivity contribution in [3.8, 4) is 0 Å². The van der Waals surface area contributed by atoms with Gasteiger partial charge in [-0.2, -0.15) is 0 Å². The highest BCUT2D eigenvalue weighted by molar-refractivity contribution is 6.88. The molecule has 0 radical (unpaired) electrons. The maximum atomic E-state index is 3.75. The molecule has 0 amide bonds. The van der Waals surface area contributed by atoms with Gasteiger partial charge in [-0.3, -0.25) is 0 Å². The average Bonchev–Trinajstić information content (AvgIpc) is 2.45. The molecular formula is C18H31NSi. The van der Waals surface area contributed by atoms with Gasteiger partial charge in [-0.15, -0.1) is 0 Å². The molecule has 1 aromatic rings. The Balaban J connectivity index is 1.80. The molecule has 20 heavy (non-hydrogen) atoms. The van der Waals surface area contributed by atoms with Crippen molar-refractivity contribution >= 4 is 13.3 Å². The van der Waals surface area contributed by atoms with Crippen LogP contribution in [0, 0.1) is 5.92 Å². The van der Waals surface area contributed by atoms with Gasteiger partial charge in [0.2, 0.25) is 0 Å². The number of hydrogen-bond acceptors (Lipinski definition) is 1. The molecule has 1 fully saturated rings. The topological polar surface area (TPSA) is 12.0 Å². The number of hydrogen-bond donors (Lipinski definition) is 1. The third kappa shape index (κ3) is 4.46. The molecule has 0 unspecified atom stereocenters. The molecule has 1 N–H and O–H groups in total. The van der Waals surface area contributed by atoms with E-state index in [0.29, 0.717) is 0 Å². The highest BCUT2D eigenvalue weighted by atomic mass is 28.3. The lowest BCUT2D eigenvalue weighted by Crippen LogP contribution is -2.37. The largest absolute Gasteiger partial charge is 0.310 e. The molecule has 1 nitrogen and oxygen atoms in total. The first kappa shape index (κ1) is 15.8. The van der Waals surface area contributed by atoms with Crippen molar-refractivity contribution in [2.24, 2.45) is 5.92 Å². The normalized spacial score (nSPS) is 23.8. The molecule has 1 saturated carbocycles. The van der Waals surface area contributed by atoms with Gasteiger partial charge < -0.3 is 5.32 Å². The van der Waals surface area contributed by atoms with E-state index in [1.165, 1.54) is 37.7 Å². The minimum absolute atomic E-state index is 0.745. The highest BCUT2D eigenvalue weighted by Gasteiger charge is 2.19. The van der Waals surface area contributed by atoms with Gasteiger partial charge in [0.05, 0.1) is 8.07 Å². The summed E-state index contributed by atoms with van der Waals surface area (Å²) < 4.78 is 0. The molecule has 1 aromatic carbocycles. The van der Waals surface area contributed by atoms with Gasteiger partial charge in [-0.05, 0) is 37.2 Å². The van der Waals surface area contributed by atoms with Crippen LogP contribution in [0.5, 0.6) is 0 Å². The molecule has 0 bridgehead atoms. The summed E-state index contributed by atoms with van der Waals surface area (Å²) >= 11 is 0. The number of rotatable bonds is 5. The molecule has 0 spiro atoms. The van der Waals surface area contributed by atoms with E-state index in [9.17, 15) is 0 Å². The first-order valence-electron chi connectivity index (χ1n) is 8.32. The molecule has 0 heterocycles. The highest BCUT2D eigenvalue weighted by Crippen LogP contribution is 2.26. The molecule has 0 atom stereocenters. The van der Waals surface area contributed by atoms with Crippen molar-refractivity contribution in [1.29, 1.82) is 0 Å². The summed E-state index contributed by atoms with van der Waals surface area (Å²) in [6.45, 7) is 10.6. The Labute approximate surface area is 126 Å². The van der Waals surface area contributed by atoms with E-state index in [-0.39, 0.29) is 0 Å². The fraction of sp³-hybridized carbons (Fsp3) is 0.667. The molecule has 2 heteroatoms. The second-order valence-corrected chi connectivity index (χ2v) is 12.5. The minimum Gasteiger partial charge on any atom is -0.310 e. The van der Waals surface area contributed by atoms with Crippen LogP contribution in [0.25, 0.3) is 0 Å².